The SMILES string of the molecule is O=C1CC(CCOc2cccc(F)c2)CN1. The van der Waals surface area contributed by atoms with E-state index in [2.05, 4.69) is 5.32 Å². The van der Waals surface area contributed by atoms with Crippen molar-refractivity contribution >= 4 is 5.91 Å². The molecule has 0 aliphatic carbocycles. The molecule has 0 bridgehead atoms. The predicted molar refractivity (Wildman–Crippen MR) is 57.6 cm³/mol. The molecule has 1 aromatic carbocycles. The largest absolute Gasteiger partial charge is 0.493 e. The second-order valence-corrected chi connectivity index (χ2v) is 3.97. The highest BCUT2D eigenvalue weighted by atomic mass is 19.1. The zero-order valence-electron chi connectivity index (χ0n) is 8.91. The van der Waals surface area contributed by atoms with Crippen molar-refractivity contribution in [3.63, 3.8) is 0 Å². The topological polar surface area (TPSA) is 38.3 Å². The first kappa shape index (κ1) is 10.9. The number of hydrogen-bond donors (Lipinski definition) is 1. The zero-order chi connectivity index (χ0) is 11.4. The van der Waals surface area contributed by atoms with Gasteiger partial charge in [-0.25, -0.2) is 4.39 Å². The molecule has 3 nitrogen and oxygen atoms in total. The number of nitrogens with one attached hydrogen (secondary N) is 1. The van der Waals surface area contributed by atoms with Crippen LogP contribution >= 0.6 is 0 Å². The van der Waals surface area contributed by atoms with Crippen LogP contribution in [0.3, 0.4) is 0 Å². The molecule has 1 heterocycles. The Bertz CT molecular complexity index is 381. The van der Waals surface area contributed by atoms with E-state index in [-0.39, 0.29) is 11.7 Å². The van der Waals surface area contributed by atoms with Crippen LogP contribution < -0.4 is 10.1 Å². The normalized spacial score (nSPS) is 19.6. The predicted octanol–water partition coefficient (Wildman–Crippen LogP) is 1.73. The number of carbonyl (C=O) groups excluding carboxylic acids is 1. The van der Waals surface area contributed by atoms with Gasteiger partial charge >= 0.3 is 0 Å². The molecule has 0 aromatic heterocycles. The number of amides is 1. The Hall–Kier alpha value is -1.58. The molecule has 16 heavy (non-hydrogen) atoms. The lowest BCUT2D eigenvalue weighted by Crippen LogP contribution is -2.14. The van der Waals surface area contributed by atoms with Crippen LogP contribution in [0.15, 0.2) is 24.3 Å². The summed E-state index contributed by atoms with van der Waals surface area (Å²) in [6.07, 6.45) is 1.39. The molecule has 1 aliphatic heterocycles. The molecule has 2 rings (SSSR count). The highest BCUT2D eigenvalue weighted by Gasteiger charge is 2.20. The van der Waals surface area contributed by atoms with Crippen LogP contribution in [0.2, 0.25) is 0 Å². The van der Waals surface area contributed by atoms with Crippen LogP contribution in [0.4, 0.5) is 4.39 Å². The minimum absolute atomic E-state index is 0.107. The molecule has 1 N–H and O–H groups in total. The van der Waals surface area contributed by atoms with E-state index in [1.54, 1.807) is 12.1 Å². The van der Waals surface area contributed by atoms with Crippen LogP contribution in [0.25, 0.3) is 0 Å². The summed E-state index contributed by atoms with van der Waals surface area (Å²) in [6.45, 7) is 1.24. The highest BCUT2D eigenvalue weighted by Crippen LogP contribution is 2.16. The molecular formula is C12H14FNO2. The number of rotatable bonds is 4. The van der Waals surface area contributed by atoms with E-state index in [0.29, 0.717) is 24.7 Å². The molecule has 1 aliphatic rings. The molecule has 0 radical (unpaired) electrons. The van der Waals surface area contributed by atoms with Gasteiger partial charge in [0.2, 0.25) is 5.91 Å². The van der Waals surface area contributed by atoms with E-state index in [4.69, 9.17) is 4.74 Å². The Balaban J connectivity index is 1.74. The molecule has 1 saturated heterocycles. The Morgan fingerprint density at radius 1 is 1.50 bits per heavy atom. The summed E-state index contributed by atoms with van der Waals surface area (Å²) in [7, 11) is 0. The van der Waals surface area contributed by atoms with Crippen LogP contribution in [0.5, 0.6) is 5.75 Å². The van der Waals surface area contributed by atoms with Gasteiger partial charge in [-0.05, 0) is 24.5 Å². The summed E-state index contributed by atoms with van der Waals surface area (Å²) in [4.78, 5) is 10.9. The van der Waals surface area contributed by atoms with Gasteiger partial charge in [0.05, 0.1) is 6.61 Å². The van der Waals surface area contributed by atoms with Crippen LogP contribution in [0, 0.1) is 11.7 Å². The highest BCUT2D eigenvalue weighted by molar-refractivity contribution is 5.78. The van der Waals surface area contributed by atoms with Crippen molar-refractivity contribution in [3.8, 4) is 5.75 Å². The molecule has 1 fully saturated rings. The Morgan fingerprint density at radius 3 is 3.06 bits per heavy atom. The lowest BCUT2D eigenvalue weighted by Gasteiger charge is -2.09. The summed E-state index contributed by atoms with van der Waals surface area (Å²) in [5, 5.41) is 2.77. The Labute approximate surface area is 93.6 Å². The molecule has 1 atom stereocenters. The van der Waals surface area contributed by atoms with Gasteiger partial charge in [-0.1, -0.05) is 6.07 Å². The fourth-order valence-electron chi connectivity index (χ4n) is 1.77. The molecule has 1 unspecified atom stereocenters. The number of benzene rings is 1. The molecule has 86 valence electrons. The third-order valence-electron chi connectivity index (χ3n) is 2.65. The summed E-state index contributed by atoms with van der Waals surface area (Å²) < 4.78 is 18.2. The third-order valence-corrected chi connectivity index (χ3v) is 2.65. The monoisotopic (exact) mass is 223 g/mol. The first-order valence-corrected chi connectivity index (χ1v) is 5.39. The van der Waals surface area contributed by atoms with Crippen molar-refractivity contribution in [2.45, 2.75) is 12.8 Å². The fourth-order valence-corrected chi connectivity index (χ4v) is 1.77. The second kappa shape index (κ2) is 4.96. The maximum absolute atomic E-state index is 12.8. The van der Waals surface area contributed by atoms with Gasteiger partial charge < -0.3 is 10.1 Å². The fraction of sp³-hybridized carbons (Fsp3) is 0.417. The van der Waals surface area contributed by atoms with E-state index in [0.717, 1.165) is 13.0 Å². The summed E-state index contributed by atoms with van der Waals surface area (Å²) in [5.74, 6) is 0.698. The maximum Gasteiger partial charge on any atom is 0.220 e. The average Bonchev–Trinajstić information content (AvgIpc) is 2.64. The first-order chi connectivity index (χ1) is 7.74. The smallest absolute Gasteiger partial charge is 0.220 e. The van der Waals surface area contributed by atoms with Crippen LogP contribution in [-0.2, 0) is 4.79 Å². The van der Waals surface area contributed by atoms with Crippen molar-refractivity contribution in [2.75, 3.05) is 13.2 Å². The van der Waals surface area contributed by atoms with Crippen molar-refractivity contribution in [1.82, 2.24) is 5.32 Å². The quantitative estimate of drug-likeness (QED) is 0.844. The summed E-state index contributed by atoms with van der Waals surface area (Å²) >= 11 is 0. The molecular weight excluding hydrogens is 209 g/mol. The van der Waals surface area contributed by atoms with Crippen molar-refractivity contribution in [1.29, 1.82) is 0 Å². The lowest BCUT2D eigenvalue weighted by molar-refractivity contribution is -0.119. The van der Waals surface area contributed by atoms with Crippen LogP contribution in [0.1, 0.15) is 12.8 Å². The average molecular weight is 223 g/mol. The summed E-state index contributed by atoms with van der Waals surface area (Å²) in [6, 6.07) is 6.08. The number of carbonyl (C=O) groups is 1. The minimum atomic E-state index is -0.296. The Kier molecular flexibility index (Phi) is 3.39. The second-order valence-electron chi connectivity index (χ2n) is 3.97. The van der Waals surface area contributed by atoms with Gasteiger partial charge in [-0.3, -0.25) is 4.79 Å². The molecule has 0 spiro atoms. The summed E-state index contributed by atoms with van der Waals surface area (Å²) in [5.41, 5.74) is 0. The van der Waals surface area contributed by atoms with Crippen molar-refractivity contribution < 1.29 is 13.9 Å². The standard InChI is InChI=1S/C12H14FNO2/c13-10-2-1-3-11(7-10)16-5-4-9-6-12(15)14-8-9/h1-3,7,9H,4-6,8H2,(H,14,15). The number of hydrogen-bond acceptors (Lipinski definition) is 2. The van der Waals surface area contributed by atoms with E-state index in [9.17, 15) is 9.18 Å². The lowest BCUT2D eigenvalue weighted by atomic mass is 10.1. The first-order valence-electron chi connectivity index (χ1n) is 5.39. The van der Waals surface area contributed by atoms with Crippen LogP contribution in [-0.4, -0.2) is 19.1 Å². The van der Waals surface area contributed by atoms with Crippen molar-refractivity contribution in [3.05, 3.63) is 30.1 Å². The molecule has 4 heteroatoms. The number of ether oxygens (including phenoxy) is 1. The zero-order valence-corrected chi connectivity index (χ0v) is 8.91. The van der Waals surface area contributed by atoms with Crippen molar-refractivity contribution in [2.24, 2.45) is 5.92 Å². The van der Waals surface area contributed by atoms with Gasteiger partial charge in [0.1, 0.15) is 11.6 Å². The van der Waals surface area contributed by atoms with Gasteiger partial charge in [0.25, 0.3) is 0 Å². The van der Waals surface area contributed by atoms with E-state index < -0.39 is 0 Å². The van der Waals surface area contributed by atoms with Gasteiger partial charge in [-0.15, -0.1) is 0 Å². The van der Waals surface area contributed by atoms with E-state index in [1.807, 2.05) is 0 Å². The number of halogens is 1. The minimum Gasteiger partial charge on any atom is -0.493 e. The van der Waals surface area contributed by atoms with E-state index >= 15 is 0 Å². The van der Waals surface area contributed by atoms with Gasteiger partial charge in [0.15, 0.2) is 0 Å². The molecule has 1 aromatic rings. The Morgan fingerprint density at radius 2 is 2.38 bits per heavy atom. The van der Waals surface area contributed by atoms with Gasteiger partial charge in [0, 0.05) is 19.0 Å². The van der Waals surface area contributed by atoms with E-state index in [1.165, 1.54) is 12.1 Å². The third kappa shape index (κ3) is 2.95. The van der Waals surface area contributed by atoms with Gasteiger partial charge in [-0.2, -0.15) is 0 Å². The maximum atomic E-state index is 12.8. The molecule has 1 amide bonds. The molecule has 0 saturated carbocycles.